The zero-order chi connectivity index (χ0) is 19.0. The van der Waals surface area contributed by atoms with Gasteiger partial charge in [0.05, 0.1) is 10.5 Å². The highest BCUT2D eigenvalue weighted by Gasteiger charge is 2.35. The molecule has 2 aromatic carbocycles. The van der Waals surface area contributed by atoms with Crippen molar-refractivity contribution in [1.29, 1.82) is 0 Å². The molecule has 27 heavy (non-hydrogen) atoms. The van der Waals surface area contributed by atoms with Gasteiger partial charge in [0.1, 0.15) is 0 Å². The number of fused-ring (bicyclic) bond motifs is 1. The summed E-state index contributed by atoms with van der Waals surface area (Å²) in [6.07, 6.45) is 0.895. The molecule has 3 aromatic rings. The van der Waals surface area contributed by atoms with Crippen molar-refractivity contribution in [3.8, 4) is 0 Å². The second-order valence-electron chi connectivity index (χ2n) is 6.82. The highest BCUT2D eigenvalue weighted by atomic mass is 35.5. The van der Waals surface area contributed by atoms with Gasteiger partial charge in [-0.1, -0.05) is 53.3 Å². The number of piperidine rings is 1. The Labute approximate surface area is 165 Å². The Kier molecular flexibility index (Phi) is 4.76. The molecule has 4 nitrogen and oxygen atoms in total. The van der Waals surface area contributed by atoms with Crippen molar-refractivity contribution in [2.24, 2.45) is 0 Å². The van der Waals surface area contributed by atoms with Crippen LogP contribution in [0.15, 0.2) is 59.4 Å². The van der Waals surface area contributed by atoms with Crippen LogP contribution in [-0.2, 0) is 5.60 Å². The van der Waals surface area contributed by atoms with E-state index in [2.05, 4.69) is 0 Å². The molecule has 2 heterocycles. The minimum atomic E-state index is -0.960. The lowest BCUT2D eigenvalue weighted by Crippen LogP contribution is -2.45. The van der Waals surface area contributed by atoms with Gasteiger partial charge < -0.3 is 10.0 Å². The summed E-state index contributed by atoms with van der Waals surface area (Å²) in [6.45, 7) is 0.872. The summed E-state index contributed by atoms with van der Waals surface area (Å²) < 4.78 is -0.105. The summed E-state index contributed by atoms with van der Waals surface area (Å²) in [4.78, 5) is 27.3. The third kappa shape index (κ3) is 3.50. The summed E-state index contributed by atoms with van der Waals surface area (Å²) in [5.41, 5.74) is -0.146. The molecule has 0 aliphatic carbocycles. The Bertz CT molecular complexity index is 1050. The van der Waals surface area contributed by atoms with E-state index in [9.17, 15) is 14.7 Å². The molecule has 0 atom stereocenters. The molecule has 1 amide bonds. The van der Waals surface area contributed by atoms with Crippen LogP contribution in [0.5, 0.6) is 0 Å². The lowest BCUT2D eigenvalue weighted by Gasteiger charge is -2.38. The number of halogens is 1. The van der Waals surface area contributed by atoms with Gasteiger partial charge in [-0.15, -0.1) is 0 Å². The molecular weight excluding hydrogens is 382 g/mol. The van der Waals surface area contributed by atoms with Crippen LogP contribution in [0.1, 0.15) is 28.1 Å². The molecule has 0 radical (unpaired) electrons. The van der Waals surface area contributed by atoms with E-state index in [1.807, 2.05) is 30.3 Å². The van der Waals surface area contributed by atoms with E-state index in [4.69, 9.17) is 11.6 Å². The van der Waals surface area contributed by atoms with Crippen LogP contribution in [-0.4, -0.2) is 29.0 Å². The molecular formula is C21H18ClNO3S. The fraction of sp³-hybridized carbons (Fsp3) is 0.238. The van der Waals surface area contributed by atoms with Crippen LogP contribution in [0.3, 0.4) is 0 Å². The zero-order valence-electron chi connectivity index (χ0n) is 14.5. The normalized spacial score (nSPS) is 16.4. The molecule has 138 valence electrons. The predicted octanol–water partition coefficient (Wildman–Crippen LogP) is 4.04. The topological polar surface area (TPSA) is 57.6 Å². The smallest absolute Gasteiger partial charge is 0.264 e. The SMILES string of the molecule is O=C(c1cc2ccccc2c(=O)s1)N1CCC(O)(c2ccc(Cl)cc2)CC1. The Morgan fingerprint density at radius 3 is 2.44 bits per heavy atom. The molecule has 1 saturated heterocycles. The number of amides is 1. The van der Waals surface area contributed by atoms with Gasteiger partial charge >= 0.3 is 0 Å². The molecule has 1 aliphatic heterocycles. The first-order chi connectivity index (χ1) is 13.0. The lowest BCUT2D eigenvalue weighted by atomic mass is 9.84. The first-order valence-electron chi connectivity index (χ1n) is 8.77. The van der Waals surface area contributed by atoms with Crippen molar-refractivity contribution in [3.05, 3.63) is 79.6 Å². The maximum Gasteiger partial charge on any atom is 0.264 e. The van der Waals surface area contributed by atoms with Crippen molar-refractivity contribution in [2.75, 3.05) is 13.1 Å². The minimum Gasteiger partial charge on any atom is -0.385 e. The summed E-state index contributed by atoms with van der Waals surface area (Å²) >= 11 is 6.91. The molecule has 6 heteroatoms. The summed E-state index contributed by atoms with van der Waals surface area (Å²) in [6, 6.07) is 16.3. The Hall–Kier alpha value is -2.21. The van der Waals surface area contributed by atoms with Crippen LogP contribution in [0.4, 0.5) is 0 Å². The maximum absolute atomic E-state index is 12.9. The van der Waals surface area contributed by atoms with E-state index in [0.29, 0.717) is 41.2 Å². The molecule has 1 N–H and O–H groups in total. The summed E-state index contributed by atoms with van der Waals surface area (Å²) in [5.74, 6) is -0.152. The maximum atomic E-state index is 12.9. The number of likely N-dealkylation sites (tertiary alicyclic amines) is 1. The Morgan fingerprint density at radius 1 is 1.07 bits per heavy atom. The van der Waals surface area contributed by atoms with Crippen molar-refractivity contribution in [1.82, 2.24) is 4.90 Å². The summed E-state index contributed by atoms with van der Waals surface area (Å²) in [7, 11) is 0. The number of nitrogens with zero attached hydrogens (tertiary/aromatic N) is 1. The van der Waals surface area contributed by atoms with Gasteiger partial charge in [0.15, 0.2) is 0 Å². The van der Waals surface area contributed by atoms with Gasteiger partial charge in [-0.2, -0.15) is 0 Å². The lowest BCUT2D eigenvalue weighted by molar-refractivity contribution is -0.0210. The van der Waals surface area contributed by atoms with Crippen LogP contribution in [0, 0.1) is 0 Å². The van der Waals surface area contributed by atoms with Crippen LogP contribution in [0.25, 0.3) is 10.8 Å². The quantitative estimate of drug-likeness (QED) is 0.707. The number of hydrogen-bond donors (Lipinski definition) is 1. The second-order valence-corrected chi connectivity index (χ2v) is 8.27. The average molecular weight is 400 g/mol. The predicted molar refractivity (Wildman–Crippen MR) is 109 cm³/mol. The number of carbonyl (C=O) groups excluding carboxylic acids is 1. The van der Waals surface area contributed by atoms with Crippen molar-refractivity contribution >= 4 is 39.6 Å². The Balaban J connectivity index is 1.53. The van der Waals surface area contributed by atoms with Crippen molar-refractivity contribution in [2.45, 2.75) is 18.4 Å². The highest BCUT2D eigenvalue weighted by Crippen LogP contribution is 2.34. The van der Waals surface area contributed by atoms with Gasteiger partial charge in [0.2, 0.25) is 4.74 Å². The number of carbonyl (C=O) groups is 1. The van der Waals surface area contributed by atoms with E-state index in [-0.39, 0.29) is 10.6 Å². The van der Waals surface area contributed by atoms with Gasteiger partial charge in [-0.25, -0.2) is 0 Å². The Morgan fingerprint density at radius 2 is 1.74 bits per heavy atom. The van der Waals surface area contributed by atoms with Crippen molar-refractivity contribution in [3.63, 3.8) is 0 Å². The van der Waals surface area contributed by atoms with Crippen LogP contribution in [0.2, 0.25) is 5.02 Å². The van der Waals surface area contributed by atoms with E-state index in [1.54, 1.807) is 29.2 Å². The molecule has 0 unspecified atom stereocenters. The molecule has 0 saturated carbocycles. The van der Waals surface area contributed by atoms with Gasteiger partial charge in [0, 0.05) is 23.5 Å². The van der Waals surface area contributed by atoms with Gasteiger partial charge in [-0.3, -0.25) is 9.59 Å². The number of rotatable bonds is 2. The third-order valence-corrected chi connectivity index (χ3v) is 6.31. The van der Waals surface area contributed by atoms with E-state index in [1.165, 1.54) is 0 Å². The third-order valence-electron chi connectivity index (χ3n) is 5.14. The molecule has 0 bridgehead atoms. The standard InChI is InChI=1S/C21H18ClNO3S/c22-16-7-5-15(6-8-16)21(26)9-11-23(12-10-21)19(24)18-13-14-3-1-2-4-17(14)20(25)27-18/h1-8,13,26H,9-12H2. The largest absolute Gasteiger partial charge is 0.385 e. The monoisotopic (exact) mass is 399 g/mol. The first kappa shape index (κ1) is 18.2. The van der Waals surface area contributed by atoms with Gasteiger partial charge in [-0.05, 0) is 48.1 Å². The molecule has 4 rings (SSSR count). The molecule has 0 spiro atoms. The number of hydrogen-bond acceptors (Lipinski definition) is 4. The van der Waals surface area contributed by atoms with E-state index < -0.39 is 5.60 Å². The fourth-order valence-corrected chi connectivity index (χ4v) is 4.55. The van der Waals surface area contributed by atoms with E-state index >= 15 is 0 Å². The van der Waals surface area contributed by atoms with Crippen LogP contribution >= 0.6 is 22.9 Å². The number of benzene rings is 2. The zero-order valence-corrected chi connectivity index (χ0v) is 16.1. The van der Waals surface area contributed by atoms with Crippen molar-refractivity contribution < 1.29 is 9.90 Å². The molecule has 1 aliphatic rings. The molecule has 1 fully saturated rings. The highest BCUT2D eigenvalue weighted by molar-refractivity contribution is 7.12. The second kappa shape index (κ2) is 7.08. The van der Waals surface area contributed by atoms with E-state index in [0.717, 1.165) is 22.3 Å². The fourth-order valence-electron chi connectivity index (χ4n) is 3.52. The first-order valence-corrected chi connectivity index (χ1v) is 9.96. The minimum absolute atomic E-state index is 0.105. The van der Waals surface area contributed by atoms with Crippen LogP contribution < -0.4 is 4.74 Å². The number of aliphatic hydroxyl groups is 1. The average Bonchev–Trinajstić information content (AvgIpc) is 2.68. The van der Waals surface area contributed by atoms with Gasteiger partial charge in [0.25, 0.3) is 5.91 Å². The molecule has 1 aromatic heterocycles. The summed E-state index contributed by atoms with van der Waals surface area (Å²) in [5, 5.41) is 13.0.